The topological polar surface area (TPSA) is 3.24 Å². The first-order valence-corrected chi connectivity index (χ1v) is 7.25. The summed E-state index contributed by atoms with van der Waals surface area (Å²) in [4.78, 5) is 2.34. The molecule has 1 unspecified atom stereocenters. The second-order valence-electron chi connectivity index (χ2n) is 4.74. The number of thiol groups is 1. The lowest BCUT2D eigenvalue weighted by Gasteiger charge is -2.24. The SMILES string of the molecule is CCCC(CS)CN(C)c1ccc(CC)cc1. The molecule has 0 amide bonds. The highest BCUT2D eigenvalue weighted by molar-refractivity contribution is 7.80. The molecule has 1 aromatic rings. The molecular formula is C15H25NS. The maximum Gasteiger partial charge on any atom is 0.0363 e. The average molecular weight is 251 g/mol. The standard InChI is InChI=1S/C15H25NS/c1-4-6-14(12-17)11-16(3)15-9-7-13(5-2)8-10-15/h7-10,14,17H,4-6,11-12H2,1-3H3. The van der Waals surface area contributed by atoms with Gasteiger partial charge in [-0.05, 0) is 42.2 Å². The van der Waals surface area contributed by atoms with Crippen LogP contribution in [0.1, 0.15) is 32.3 Å². The minimum absolute atomic E-state index is 0.694. The monoisotopic (exact) mass is 251 g/mol. The molecule has 0 N–H and O–H groups in total. The molecule has 96 valence electrons. The second-order valence-corrected chi connectivity index (χ2v) is 5.10. The van der Waals surface area contributed by atoms with Crippen LogP contribution in [0.25, 0.3) is 0 Å². The van der Waals surface area contributed by atoms with Crippen LogP contribution in [0.2, 0.25) is 0 Å². The largest absolute Gasteiger partial charge is 0.374 e. The molecule has 0 aliphatic heterocycles. The summed E-state index contributed by atoms with van der Waals surface area (Å²) in [5.41, 5.74) is 2.71. The Bertz CT molecular complexity index is 307. The van der Waals surface area contributed by atoms with E-state index in [0.29, 0.717) is 5.92 Å². The van der Waals surface area contributed by atoms with E-state index in [9.17, 15) is 0 Å². The van der Waals surface area contributed by atoms with Gasteiger partial charge in [-0.25, -0.2) is 0 Å². The number of hydrogen-bond donors (Lipinski definition) is 1. The van der Waals surface area contributed by atoms with Gasteiger partial charge >= 0.3 is 0 Å². The Morgan fingerprint density at radius 2 is 1.82 bits per heavy atom. The van der Waals surface area contributed by atoms with Crippen LogP contribution in [0.3, 0.4) is 0 Å². The zero-order valence-electron chi connectivity index (χ0n) is 11.3. The number of anilines is 1. The van der Waals surface area contributed by atoms with Crippen LogP contribution in [0.4, 0.5) is 5.69 Å². The number of aryl methyl sites for hydroxylation is 1. The first-order valence-electron chi connectivity index (χ1n) is 6.62. The molecule has 2 heteroatoms. The highest BCUT2D eigenvalue weighted by atomic mass is 32.1. The van der Waals surface area contributed by atoms with Crippen molar-refractivity contribution >= 4 is 18.3 Å². The number of nitrogens with zero attached hydrogens (tertiary/aromatic N) is 1. The van der Waals surface area contributed by atoms with E-state index in [4.69, 9.17) is 0 Å². The van der Waals surface area contributed by atoms with E-state index in [1.54, 1.807) is 0 Å². The Morgan fingerprint density at radius 1 is 1.18 bits per heavy atom. The number of rotatable bonds is 7. The third-order valence-electron chi connectivity index (χ3n) is 3.27. The molecule has 0 fully saturated rings. The molecule has 0 bridgehead atoms. The zero-order valence-corrected chi connectivity index (χ0v) is 12.2. The summed E-state index contributed by atoms with van der Waals surface area (Å²) in [5.74, 6) is 1.67. The van der Waals surface area contributed by atoms with E-state index >= 15 is 0 Å². The highest BCUT2D eigenvalue weighted by Crippen LogP contribution is 2.18. The van der Waals surface area contributed by atoms with Gasteiger partial charge in [0.25, 0.3) is 0 Å². The molecule has 0 heterocycles. The maximum absolute atomic E-state index is 4.44. The van der Waals surface area contributed by atoms with Crippen LogP contribution in [-0.4, -0.2) is 19.3 Å². The predicted molar refractivity (Wildman–Crippen MR) is 81.3 cm³/mol. The van der Waals surface area contributed by atoms with Crippen molar-refractivity contribution in [1.29, 1.82) is 0 Å². The third-order valence-corrected chi connectivity index (χ3v) is 3.79. The molecule has 1 rings (SSSR count). The van der Waals surface area contributed by atoms with Crippen LogP contribution in [0.15, 0.2) is 24.3 Å². The zero-order chi connectivity index (χ0) is 12.7. The van der Waals surface area contributed by atoms with Gasteiger partial charge in [0.1, 0.15) is 0 Å². The van der Waals surface area contributed by atoms with Gasteiger partial charge in [0.15, 0.2) is 0 Å². The fourth-order valence-electron chi connectivity index (χ4n) is 2.13. The van der Waals surface area contributed by atoms with Crippen molar-refractivity contribution in [3.05, 3.63) is 29.8 Å². The average Bonchev–Trinajstić information content (AvgIpc) is 2.38. The minimum Gasteiger partial charge on any atom is -0.374 e. The van der Waals surface area contributed by atoms with Crippen molar-refractivity contribution in [3.8, 4) is 0 Å². The van der Waals surface area contributed by atoms with Crippen LogP contribution < -0.4 is 4.90 Å². The van der Waals surface area contributed by atoms with Gasteiger partial charge in [0.2, 0.25) is 0 Å². The molecule has 0 aliphatic carbocycles. The van der Waals surface area contributed by atoms with Crippen molar-refractivity contribution in [2.45, 2.75) is 33.1 Å². The summed E-state index contributed by atoms with van der Waals surface area (Å²) in [5, 5.41) is 0. The number of benzene rings is 1. The van der Waals surface area contributed by atoms with Gasteiger partial charge in [-0.3, -0.25) is 0 Å². The van der Waals surface area contributed by atoms with Gasteiger partial charge in [-0.1, -0.05) is 32.4 Å². The normalized spacial score (nSPS) is 12.5. The summed E-state index contributed by atoms with van der Waals surface area (Å²) >= 11 is 4.44. The highest BCUT2D eigenvalue weighted by Gasteiger charge is 2.09. The molecule has 0 saturated heterocycles. The quantitative estimate of drug-likeness (QED) is 0.716. The van der Waals surface area contributed by atoms with Gasteiger partial charge in [-0.15, -0.1) is 0 Å². The maximum atomic E-state index is 4.44. The van der Waals surface area contributed by atoms with Crippen molar-refractivity contribution < 1.29 is 0 Å². The van der Waals surface area contributed by atoms with E-state index in [2.05, 4.69) is 62.7 Å². The van der Waals surface area contributed by atoms with Crippen LogP contribution in [0, 0.1) is 5.92 Å². The molecule has 1 nitrogen and oxygen atoms in total. The van der Waals surface area contributed by atoms with E-state index < -0.39 is 0 Å². The van der Waals surface area contributed by atoms with Crippen LogP contribution >= 0.6 is 12.6 Å². The fraction of sp³-hybridized carbons (Fsp3) is 0.600. The van der Waals surface area contributed by atoms with E-state index in [1.807, 2.05) is 0 Å². The molecule has 0 saturated carbocycles. The molecule has 0 spiro atoms. The Balaban J connectivity index is 2.58. The summed E-state index contributed by atoms with van der Waals surface area (Å²) in [6.07, 6.45) is 3.62. The lowest BCUT2D eigenvalue weighted by atomic mass is 10.1. The minimum atomic E-state index is 0.694. The third kappa shape index (κ3) is 4.63. The molecule has 17 heavy (non-hydrogen) atoms. The van der Waals surface area contributed by atoms with Crippen molar-refractivity contribution in [3.63, 3.8) is 0 Å². The summed E-state index contributed by atoms with van der Waals surface area (Å²) in [7, 11) is 2.17. The lowest BCUT2D eigenvalue weighted by molar-refractivity contribution is 0.533. The summed E-state index contributed by atoms with van der Waals surface area (Å²) < 4.78 is 0. The van der Waals surface area contributed by atoms with Crippen LogP contribution in [-0.2, 0) is 6.42 Å². The van der Waals surface area contributed by atoms with Gasteiger partial charge < -0.3 is 4.90 Å². The van der Waals surface area contributed by atoms with Crippen molar-refractivity contribution in [2.24, 2.45) is 5.92 Å². The number of hydrogen-bond acceptors (Lipinski definition) is 2. The van der Waals surface area contributed by atoms with Gasteiger partial charge in [0.05, 0.1) is 0 Å². The van der Waals surface area contributed by atoms with E-state index in [1.165, 1.54) is 24.1 Å². The molecular weight excluding hydrogens is 226 g/mol. The van der Waals surface area contributed by atoms with E-state index in [-0.39, 0.29) is 0 Å². The smallest absolute Gasteiger partial charge is 0.0363 e. The summed E-state index contributed by atoms with van der Waals surface area (Å²) in [6.45, 7) is 5.53. The van der Waals surface area contributed by atoms with E-state index in [0.717, 1.165) is 18.7 Å². The first kappa shape index (κ1) is 14.4. The Labute approximate surface area is 112 Å². The second kappa shape index (κ2) is 7.65. The Hall–Kier alpha value is -0.630. The molecule has 1 aromatic carbocycles. The first-order chi connectivity index (χ1) is 8.21. The Morgan fingerprint density at radius 3 is 2.29 bits per heavy atom. The van der Waals surface area contributed by atoms with Gasteiger partial charge in [-0.2, -0.15) is 12.6 Å². The predicted octanol–water partition coefficient (Wildman–Crippen LogP) is 4.03. The van der Waals surface area contributed by atoms with Gasteiger partial charge in [0, 0.05) is 19.3 Å². The van der Waals surface area contributed by atoms with Crippen LogP contribution in [0.5, 0.6) is 0 Å². The molecule has 0 radical (unpaired) electrons. The Kier molecular flexibility index (Phi) is 6.49. The molecule has 1 atom stereocenters. The van der Waals surface area contributed by atoms with Crippen molar-refractivity contribution in [1.82, 2.24) is 0 Å². The summed E-state index contributed by atoms with van der Waals surface area (Å²) in [6, 6.07) is 8.89. The fourth-order valence-corrected chi connectivity index (χ4v) is 2.43. The molecule has 0 aromatic heterocycles. The van der Waals surface area contributed by atoms with Crippen molar-refractivity contribution in [2.75, 3.05) is 24.2 Å². The lowest BCUT2D eigenvalue weighted by Crippen LogP contribution is -2.26. The molecule has 0 aliphatic rings.